The highest BCUT2D eigenvalue weighted by Crippen LogP contribution is 2.44. The zero-order valence-corrected chi connectivity index (χ0v) is 17.8. The third-order valence-electron chi connectivity index (χ3n) is 6.77. The molecule has 31 heavy (non-hydrogen) atoms. The highest BCUT2D eigenvalue weighted by Gasteiger charge is 2.44. The van der Waals surface area contributed by atoms with Gasteiger partial charge in [-0.25, -0.2) is 8.78 Å². The molecule has 0 unspecified atom stereocenters. The van der Waals surface area contributed by atoms with Crippen molar-refractivity contribution >= 4 is 5.97 Å². The van der Waals surface area contributed by atoms with Crippen molar-refractivity contribution in [3.8, 4) is 0 Å². The van der Waals surface area contributed by atoms with Crippen molar-refractivity contribution in [1.29, 1.82) is 0 Å². The zero-order chi connectivity index (χ0) is 21.8. The van der Waals surface area contributed by atoms with E-state index in [0.29, 0.717) is 24.4 Å². The number of rotatable bonds is 6. The Bertz CT molecular complexity index is 886. The lowest BCUT2D eigenvalue weighted by molar-refractivity contribution is -0.150. The molecule has 2 aliphatic rings. The Balaban J connectivity index is 1.52. The Hall–Kier alpha value is -2.31. The third-order valence-corrected chi connectivity index (χ3v) is 6.77. The first-order chi connectivity index (χ1) is 15.0. The molecule has 2 fully saturated rings. The second-order valence-corrected chi connectivity index (χ2v) is 8.61. The molecule has 4 nitrogen and oxygen atoms in total. The van der Waals surface area contributed by atoms with Gasteiger partial charge in [-0.3, -0.25) is 4.79 Å². The van der Waals surface area contributed by atoms with Crippen LogP contribution >= 0.6 is 0 Å². The van der Waals surface area contributed by atoms with Crippen LogP contribution in [-0.4, -0.2) is 43.2 Å². The van der Waals surface area contributed by atoms with Crippen molar-refractivity contribution < 1.29 is 23.0 Å². The van der Waals surface area contributed by atoms with Crippen molar-refractivity contribution in [3.05, 3.63) is 71.3 Å². The van der Waals surface area contributed by atoms with E-state index >= 15 is 0 Å². The molecule has 6 heteroatoms. The lowest BCUT2D eigenvalue weighted by Gasteiger charge is -2.35. The van der Waals surface area contributed by atoms with Crippen molar-refractivity contribution in [2.45, 2.75) is 50.3 Å². The molecular weight excluding hydrogens is 400 g/mol. The minimum atomic E-state index is -0.613. The smallest absolute Gasteiger partial charge is 0.309 e. The maximum atomic E-state index is 14.7. The van der Waals surface area contributed by atoms with Gasteiger partial charge in [-0.05, 0) is 49.9 Å². The molecule has 1 aliphatic heterocycles. The maximum Gasteiger partial charge on any atom is 0.309 e. The summed E-state index contributed by atoms with van der Waals surface area (Å²) in [4.78, 5) is 15.4. The summed E-state index contributed by atoms with van der Waals surface area (Å²) in [5.41, 5.74) is 1.31. The molecule has 0 aromatic heterocycles. The summed E-state index contributed by atoms with van der Waals surface area (Å²) in [5.74, 6) is -2.33. The lowest BCUT2D eigenvalue weighted by atomic mass is 9.88. The van der Waals surface area contributed by atoms with Gasteiger partial charge >= 0.3 is 5.97 Å². The van der Waals surface area contributed by atoms with Crippen LogP contribution in [0.4, 0.5) is 8.78 Å². The van der Waals surface area contributed by atoms with Gasteiger partial charge in [0.2, 0.25) is 0 Å². The maximum absolute atomic E-state index is 14.7. The molecule has 4 rings (SSSR count). The molecule has 0 spiro atoms. The topological polar surface area (TPSA) is 38.8 Å². The fraction of sp³-hybridized carbons (Fsp3) is 0.480. The van der Waals surface area contributed by atoms with E-state index in [9.17, 15) is 13.6 Å². The van der Waals surface area contributed by atoms with Crippen LogP contribution in [0.25, 0.3) is 0 Å². The van der Waals surface area contributed by atoms with Gasteiger partial charge in [0.05, 0.1) is 5.92 Å². The lowest BCUT2D eigenvalue weighted by Crippen LogP contribution is -2.42. The minimum Gasteiger partial charge on any atom is -0.461 e. The van der Waals surface area contributed by atoms with E-state index in [1.165, 1.54) is 12.1 Å². The van der Waals surface area contributed by atoms with E-state index in [4.69, 9.17) is 9.47 Å². The SMILES string of the molecule is CN(C1CCOCC1)[C@H]1C[C@@H](C(=O)OCc2ccccc2)[C@H](c2ccc(F)cc2F)C1. The monoisotopic (exact) mass is 429 g/mol. The van der Waals surface area contributed by atoms with Crippen LogP contribution in [0.15, 0.2) is 48.5 Å². The largest absolute Gasteiger partial charge is 0.461 e. The average Bonchev–Trinajstić information content (AvgIpc) is 3.23. The van der Waals surface area contributed by atoms with Crippen molar-refractivity contribution in [2.24, 2.45) is 5.92 Å². The Morgan fingerprint density at radius 3 is 2.52 bits per heavy atom. The van der Waals surface area contributed by atoms with E-state index in [-0.39, 0.29) is 24.5 Å². The molecule has 0 amide bonds. The molecule has 166 valence electrons. The van der Waals surface area contributed by atoms with Gasteiger partial charge in [0.15, 0.2) is 0 Å². The van der Waals surface area contributed by atoms with Gasteiger partial charge in [0, 0.05) is 37.3 Å². The summed E-state index contributed by atoms with van der Waals surface area (Å²) in [7, 11) is 2.08. The van der Waals surface area contributed by atoms with E-state index in [1.54, 1.807) is 0 Å². The number of esters is 1. The summed E-state index contributed by atoms with van der Waals surface area (Å²) in [5, 5.41) is 0. The fourth-order valence-corrected chi connectivity index (χ4v) is 4.98. The molecule has 2 aromatic carbocycles. The molecule has 0 radical (unpaired) electrons. The van der Waals surface area contributed by atoms with Crippen LogP contribution in [0.5, 0.6) is 0 Å². The summed E-state index contributed by atoms with van der Waals surface area (Å²) >= 11 is 0. The van der Waals surface area contributed by atoms with E-state index in [0.717, 1.165) is 37.7 Å². The van der Waals surface area contributed by atoms with E-state index in [2.05, 4.69) is 11.9 Å². The Morgan fingerprint density at radius 1 is 1.06 bits per heavy atom. The second kappa shape index (κ2) is 9.88. The first kappa shape index (κ1) is 21.9. The van der Waals surface area contributed by atoms with Crippen LogP contribution < -0.4 is 0 Å². The summed E-state index contributed by atoms with van der Waals surface area (Å²) in [6.07, 6.45) is 3.14. The molecule has 1 aliphatic carbocycles. The van der Waals surface area contributed by atoms with Gasteiger partial charge in [-0.2, -0.15) is 0 Å². The highest BCUT2D eigenvalue weighted by atomic mass is 19.1. The third kappa shape index (κ3) is 5.13. The first-order valence-electron chi connectivity index (χ1n) is 11.0. The number of nitrogens with zero attached hydrogens (tertiary/aromatic N) is 1. The fourth-order valence-electron chi connectivity index (χ4n) is 4.98. The van der Waals surface area contributed by atoms with Crippen molar-refractivity contribution in [1.82, 2.24) is 4.90 Å². The van der Waals surface area contributed by atoms with Crippen LogP contribution in [0.1, 0.15) is 42.7 Å². The molecule has 1 saturated heterocycles. The van der Waals surface area contributed by atoms with E-state index < -0.39 is 17.6 Å². The summed E-state index contributed by atoms with van der Waals surface area (Å²) in [6.45, 7) is 1.66. The van der Waals surface area contributed by atoms with Crippen LogP contribution in [0.2, 0.25) is 0 Å². The normalized spacial score (nSPS) is 24.5. The van der Waals surface area contributed by atoms with Gasteiger partial charge in [-0.1, -0.05) is 36.4 Å². The van der Waals surface area contributed by atoms with Crippen LogP contribution in [-0.2, 0) is 20.9 Å². The Kier molecular flexibility index (Phi) is 6.98. The summed E-state index contributed by atoms with van der Waals surface area (Å²) in [6, 6.07) is 13.7. The number of carbonyl (C=O) groups is 1. The Labute approximate surface area is 182 Å². The molecule has 1 saturated carbocycles. The molecular formula is C25H29F2NO3. The zero-order valence-electron chi connectivity index (χ0n) is 17.8. The molecule has 3 atom stereocenters. The Morgan fingerprint density at radius 2 is 1.81 bits per heavy atom. The molecule has 2 aromatic rings. The second-order valence-electron chi connectivity index (χ2n) is 8.61. The standard InChI is InChI=1S/C25H29F2NO3/c1-28(19-9-11-30-12-10-19)20-14-22(21-8-7-18(26)13-24(21)27)23(15-20)25(29)31-16-17-5-3-2-4-6-17/h2-8,13,19-20,22-23H,9-12,14-16H2,1H3/t20-,22+,23-/m1/s1. The molecule has 0 bridgehead atoms. The van der Waals surface area contributed by atoms with Gasteiger partial charge in [0.1, 0.15) is 18.2 Å². The number of carbonyl (C=O) groups excluding carboxylic acids is 1. The predicted molar refractivity (Wildman–Crippen MR) is 113 cm³/mol. The van der Waals surface area contributed by atoms with Gasteiger partial charge < -0.3 is 14.4 Å². The molecule has 0 N–H and O–H groups in total. The number of halogens is 2. The van der Waals surface area contributed by atoms with Gasteiger partial charge in [-0.15, -0.1) is 0 Å². The van der Waals surface area contributed by atoms with Crippen LogP contribution in [0.3, 0.4) is 0 Å². The number of hydrogen-bond acceptors (Lipinski definition) is 4. The van der Waals surface area contributed by atoms with E-state index in [1.807, 2.05) is 30.3 Å². The highest BCUT2D eigenvalue weighted by molar-refractivity contribution is 5.74. The minimum absolute atomic E-state index is 0.131. The molecule has 1 heterocycles. The predicted octanol–water partition coefficient (Wildman–Crippen LogP) is 4.68. The van der Waals surface area contributed by atoms with Crippen molar-refractivity contribution in [2.75, 3.05) is 20.3 Å². The average molecular weight is 430 g/mol. The number of benzene rings is 2. The summed E-state index contributed by atoms with van der Waals surface area (Å²) < 4.78 is 39.2. The van der Waals surface area contributed by atoms with Crippen molar-refractivity contribution in [3.63, 3.8) is 0 Å². The number of ether oxygens (including phenoxy) is 2. The number of hydrogen-bond donors (Lipinski definition) is 0. The van der Waals surface area contributed by atoms with Gasteiger partial charge in [0.25, 0.3) is 0 Å². The first-order valence-corrected chi connectivity index (χ1v) is 11.0. The quantitative estimate of drug-likeness (QED) is 0.625. The van der Waals surface area contributed by atoms with Crippen LogP contribution in [0, 0.1) is 17.6 Å².